The van der Waals surface area contributed by atoms with Crippen LogP contribution in [0.5, 0.6) is 0 Å². The van der Waals surface area contributed by atoms with Crippen molar-refractivity contribution in [1.82, 2.24) is 5.43 Å². The normalized spacial score (nSPS) is 13.0. The molecule has 0 bridgehead atoms. The number of hydrogen-bond donors (Lipinski definition) is 2. The molecule has 7 heteroatoms. The van der Waals surface area contributed by atoms with Crippen molar-refractivity contribution >= 4 is 27.8 Å². The number of nitrogens with zero attached hydrogens (tertiary/aromatic N) is 2. The van der Waals surface area contributed by atoms with Crippen LogP contribution in [0.2, 0.25) is 0 Å². The van der Waals surface area contributed by atoms with E-state index in [1.165, 1.54) is 12.5 Å². The highest BCUT2D eigenvalue weighted by molar-refractivity contribution is 8.35. The first kappa shape index (κ1) is 18.4. The molecule has 25 heavy (non-hydrogen) atoms. The lowest BCUT2D eigenvalue weighted by Gasteiger charge is -2.30. The summed E-state index contributed by atoms with van der Waals surface area (Å²) in [4.78, 5) is 12.4. The molecule has 0 spiro atoms. The van der Waals surface area contributed by atoms with E-state index < -0.39 is 15.9 Å². The first-order valence-corrected chi connectivity index (χ1v) is 10.3. The molecule has 1 heterocycles. The predicted molar refractivity (Wildman–Crippen MR) is 103 cm³/mol. The van der Waals surface area contributed by atoms with Gasteiger partial charge in [0, 0.05) is 5.69 Å². The molecule has 1 amide bonds. The fraction of sp³-hybridized carbons (Fsp3) is 0.167. The minimum Gasteiger partial charge on any atom is -0.463 e. The highest BCUT2D eigenvalue weighted by Crippen LogP contribution is 2.46. The van der Waals surface area contributed by atoms with Crippen molar-refractivity contribution < 1.29 is 9.21 Å². The molecule has 2 rings (SSSR count). The van der Waals surface area contributed by atoms with Crippen molar-refractivity contribution in [3.8, 4) is 6.07 Å². The van der Waals surface area contributed by atoms with Crippen molar-refractivity contribution in [1.29, 1.82) is 5.26 Å². The van der Waals surface area contributed by atoms with Crippen molar-refractivity contribution in [3.63, 3.8) is 0 Å². The average molecular weight is 356 g/mol. The molecule has 0 aliphatic carbocycles. The van der Waals surface area contributed by atoms with Crippen molar-refractivity contribution in [2.75, 3.05) is 24.1 Å². The number of hydrogen-bond acceptors (Lipinski definition) is 5. The third-order valence-electron chi connectivity index (χ3n) is 3.11. The van der Waals surface area contributed by atoms with Gasteiger partial charge in [-0.25, -0.2) is 15.5 Å². The van der Waals surface area contributed by atoms with Crippen LogP contribution in [0.15, 0.2) is 68.8 Å². The molecular weight excluding hydrogens is 336 g/mol. The Labute approximate surface area is 148 Å². The Morgan fingerprint density at radius 3 is 2.48 bits per heavy atom. The number of amides is 1. The van der Waals surface area contributed by atoms with E-state index in [2.05, 4.69) is 15.8 Å². The van der Waals surface area contributed by atoms with Crippen LogP contribution in [0.1, 0.15) is 5.76 Å². The summed E-state index contributed by atoms with van der Waals surface area (Å²) in [6.07, 6.45) is 8.91. The Bertz CT molecular complexity index is 813. The van der Waals surface area contributed by atoms with Crippen LogP contribution < -0.4 is 10.7 Å². The highest BCUT2D eigenvalue weighted by atomic mass is 32.3. The van der Waals surface area contributed by atoms with E-state index in [0.717, 1.165) is 5.69 Å². The quantitative estimate of drug-likeness (QED) is 0.360. The Kier molecular flexibility index (Phi) is 6.03. The number of carbonyl (C=O) groups excluding carboxylic acids is 1. The molecule has 0 fully saturated rings. The standard InChI is InChI=1S/C18H20N4O2S/c1-25(2,3)18(21-14-8-5-4-6-9-14)16(12-19)17(23)22-20-13-15-10-7-11-24-15/h4-11,13,21H,1-3H3,(H,22,23)/b18-16+,20-13+. The van der Waals surface area contributed by atoms with Gasteiger partial charge in [-0.1, -0.05) is 18.2 Å². The second-order valence-corrected chi connectivity index (χ2v) is 9.94. The summed E-state index contributed by atoms with van der Waals surface area (Å²) in [5.74, 6) is -0.0574. The first-order valence-electron chi connectivity index (χ1n) is 7.43. The largest absolute Gasteiger partial charge is 0.463 e. The fourth-order valence-corrected chi connectivity index (χ4v) is 3.13. The third kappa shape index (κ3) is 5.26. The number of anilines is 1. The van der Waals surface area contributed by atoms with E-state index in [9.17, 15) is 10.1 Å². The van der Waals surface area contributed by atoms with Crippen LogP contribution in [-0.4, -0.2) is 30.9 Å². The lowest BCUT2D eigenvalue weighted by molar-refractivity contribution is -0.117. The molecule has 0 aliphatic heterocycles. The summed E-state index contributed by atoms with van der Waals surface area (Å²) in [6, 6.07) is 14.9. The number of nitriles is 1. The molecular formula is C18H20N4O2S. The molecule has 1 aromatic carbocycles. The van der Waals surface area contributed by atoms with E-state index in [1.807, 2.05) is 55.2 Å². The molecule has 0 radical (unpaired) electrons. The molecule has 0 saturated carbocycles. The predicted octanol–water partition coefficient (Wildman–Crippen LogP) is 3.27. The molecule has 0 atom stereocenters. The number of para-hydroxylation sites is 1. The zero-order chi connectivity index (χ0) is 18.3. The molecule has 0 aliphatic rings. The summed E-state index contributed by atoms with van der Waals surface area (Å²) in [5, 5.41) is 17.2. The maximum atomic E-state index is 12.4. The summed E-state index contributed by atoms with van der Waals surface area (Å²) in [5.41, 5.74) is 3.21. The number of nitrogens with one attached hydrogen (secondary N) is 2. The van der Waals surface area contributed by atoms with Gasteiger partial charge in [0.15, 0.2) is 0 Å². The minimum absolute atomic E-state index is 0.0166. The van der Waals surface area contributed by atoms with Gasteiger partial charge in [-0.2, -0.15) is 10.4 Å². The molecule has 0 saturated heterocycles. The summed E-state index contributed by atoms with van der Waals surface area (Å²) in [7, 11) is -1.37. The maximum absolute atomic E-state index is 12.4. The van der Waals surface area contributed by atoms with Crippen LogP contribution in [0.25, 0.3) is 0 Å². The van der Waals surface area contributed by atoms with Gasteiger partial charge in [-0.05, 0) is 43.0 Å². The van der Waals surface area contributed by atoms with E-state index >= 15 is 0 Å². The van der Waals surface area contributed by atoms with Gasteiger partial charge in [-0.3, -0.25) is 4.79 Å². The van der Waals surface area contributed by atoms with Gasteiger partial charge < -0.3 is 9.73 Å². The summed E-state index contributed by atoms with van der Waals surface area (Å²) in [6.45, 7) is 0. The van der Waals surface area contributed by atoms with Gasteiger partial charge in [0.25, 0.3) is 5.91 Å². The molecule has 2 N–H and O–H groups in total. The summed E-state index contributed by atoms with van der Waals surface area (Å²) >= 11 is 0. The topological polar surface area (TPSA) is 90.4 Å². The monoisotopic (exact) mass is 356 g/mol. The average Bonchev–Trinajstić information content (AvgIpc) is 3.08. The number of hydrazone groups is 1. The first-order chi connectivity index (χ1) is 11.9. The van der Waals surface area contributed by atoms with E-state index in [0.29, 0.717) is 10.8 Å². The highest BCUT2D eigenvalue weighted by Gasteiger charge is 2.22. The number of furan rings is 1. The van der Waals surface area contributed by atoms with Crippen LogP contribution in [-0.2, 0) is 4.79 Å². The minimum atomic E-state index is -1.37. The zero-order valence-electron chi connectivity index (χ0n) is 14.3. The Morgan fingerprint density at radius 2 is 1.92 bits per heavy atom. The number of benzene rings is 1. The lowest BCUT2D eigenvalue weighted by Crippen LogP contribution is -2.23. The van der Waals surface area contributed by atoms with Gasteiger partial charge in [0.1, 0.15) is 17.4 Å². The zero-order valence-corrected chi connectivity index (χ0v) is 15.1. The smallest absolute Gasteiger partial charge is 0.284 e. The van der Waals surface area contributed by atoms with Crippen LogP contribution in [0.4, 0.5) is 5.69 Å². The molecule has 130 valence electrons. The van der Waals surface area contributed by atoms with Gasteiger partial charge >= 0.3 is 0 Å². The molecule has 2 aromatic rings. The fourth-order valence-electron chi connectivity index (χ4n) is 1.95. The van der Waals surface area contributed by atoms with Crippen molar-refractivity contribution in [3.05, 3.63) is 65.1 Å². The number of rotatable bonds is 6. The second kappa shape index (κ2) is 8.22. The number of carbonyl (C=O) groups is 1. The third-order valence-corrected chi connectivity index (χ3v) is 4.64. The van der Waals surface area contributed by atoms with Crippen LogP contribution >= 0.6 is 10.0 Å². The lowest BCUT2D eigenvalue weighted by atomic mass is 10.3. The molecule has 1 aromatic heterocycles. The van der Waals surface area contributed by atoms with Crippen molar-refractivity contribution in [2.24, 2.45) is 5.10 Å². The Balaban J connectivity index is 2.26. The van der Waals surface area contributed by atoms with Gasteiger partial charge in [0.05, 0.1) is 17.5 Å². The van der Waals surface area contributed by atoms with E-state index in [-0.39, 0.29) is 5.57 Å². The second-order valence-electron chi connectivity index (χ2n) is 5.86. The van der Waals surface area contributed by atoms with E-state index in [4.69, 9.17) is 4.42 Å². The van der Waals surface area contributed by atoms with Crippen LogP contribution in [0, 0.1) is 11.3 Å². The van der Waals surface area contributed by atoms with Crippen molar-refractivity contribution in [2.45, 2.75) is 0 Å². The Morgan fingerprint density at radius 1 is 1.20 bits per heavy atom. The van der Waals surface area contributed by atoms with Gasteiger partial charge in [0.2, 0.25) is 0 Å². The van der Waals surface area contributed by atoms with Gasteiger partial charge in [-0.15, -0.1) is 0 Å². The molecule has 0 unspecified atom stereocenters. The maximum Gasteiger partial charge on any atom is 0.284 e. The van der Waals surface area contributed by atoms with Crippen LogP contribution in [0.3, 0.4) is 0 Å². The Hall–Kier alpha value is -2.98. The SMILES string of the molecule is CS(C)(C)/C(Nc1ccccc1)=C(\C#N)C(=O)N/N=C/c1ccco1. The summed E-state index contributed by atoms with van der Waals surface area (Å²) < 4.78 is 5.10. The van der Waals surface area contributed by atoms with E-state index in [1.54, 1.807) is 12.1 Å². The molecule has 6 nitrogen and oxygen atoms in total.